The van der Waals surface area contributed by atoms with Gasteiger partial charge in [-0.05, 0) is 61.0 Å². The average Bonchev–Trinajstić information content (AvgIpc) is 3.35. The number of aromatic nitrogens is 2. The molecule has 0 radical (unpaired) electrons. The van der Waals surface area contributed by atoms with Gasteiger partial charge in [0.2, 0.25) is 0 Å². The van der Waals surface area contributed by atoms with E-state index in [4.69, 9.17) is 5.73 Å². The van der Waals surface area contributed by atoms with Gasteiger partial charge in [0.1, 0.15) is 5.82 Å². The van der Waals surface area contributed by atoms with E-state index in [9.17, 15) is 4.79 Å². The SMILES string of the molecule is C=Cn1cccc1-c1cc2cc(NC(=O)c3ccc(N4CCN(C)CC4)cc3)ncc2c(N)c1F. The minimum absolute atomic E-state index is 0.0131. The number of likely N-dealkylation sites (N-methyl/N-ethyl adjacent to an activating group) is 1. The molecular formula is C27H27FN6O. The Bertz CT molecular complexity index is 1400. The minimum atomic E-state index is -0.515. The van der Waals surface area contributed by atoms with Crippen molar-refractivity contribution < 1.29 is 9.18 Å². The highest BCUT2D eigenvalue weighted by atomic mass is 19.1. The van der Waals surface area contributed by atoms with Crippen molar-refractivity contribution in [3.8, 4) is 11.3 Å². The number of amides is 1. The number of nitrogens with one attached hydrogen (secondary N) is 1. The van der Waals surface area contributed by atoms with Crippen LogP contribution in [-0.4, -0.2) is 53.6 Å². The van der Waals surface area contributed by atoms with Crippen molar-refractivity contribution in [2.75, 3.05) is 49.2 Å². The van der Waals surface area contributed by atoms with E-state index in [1.165, 1.54) is 6.20 Å². The van der Waals surface area contributed by atoms with Gasteiger partial charge < -0.3 is 25.4 Å². The number of carbonyl (C=O) groups excluding carboxylic acids is 1. The number of halogens is 1. The summed E-state index contributed by atoms with van der Waals surface area (Å²) in [4.78, 5) is 21.8. The fourth-order valence-electron chi connectivity index (χ4n) is 4.41. The number of piperazine rings is 1. The maximum Gasteiger partial charge on any atom is 0.256 e. The van der Waals surface area contributed by atoms with Crippen LogP contribution in [0.4, 0.5) is 21.6 Å². The van der Waals surface area contributed by atoms with Crippen molar-refractivity contribution in [2.24, 2.45) is 0 Å². The van der Waals surface area contributed by atoms with Gasteiger partial charge in [0, 0.05) is 67.0 Å². The zero-order valence-corrected chi connectivity index (χ0v) is 19.5. The van der Waals surface area contributed by atoms with E-state index in [1.54, 1.807) is 35.2 Å². The van der Waals surface area contributed by atoms with Gasteiger partial charge in [-0.1, -0.05) is 6.58 Å². The van der Waals surface area contributed by atoms with Gasteiger partial charge in [0.05, 0.1) is 11.4 Å². The van der Waals surface area contributed by atoms with Crippen molar-refractivity contribution in [3.63, 3.8) is 0 Å². The second-order valence-corrected chi connectivity index (χ2v) is 8.72. The lowest BCUT2D eigenvalue weighted by Gasteiger charge is -2.34. The zero-order chi connectivity index (χ0) is 24.5. The number of hydrogen-bond acceptors (Lipinski definition) is 5. The number of rotatable bonds is 5. The largest absolute Gasteiger partial charge is 0.396 e. The Balaban J connectivity index is 1.39. The van der Waals surface area contributed by atoms with E-state index in [2.05, 4.69) is 33.7 Å². The number of nitrogens with two attached hydrogens (primary N) is 1. The van der Waals surface area contributed by atoms with E-state index < -0.39 is 5.82 Å². The summed E-state index contributed by atoms with van der Waals surface area (Å²) in [6.45, 7) is 7.73. The molecule has 0 bridgehead atoms. The Kier molecular flexibility index (Phi) is 5.96. The van der Waals surface area contributed by atoms with Gasteiger partial charge in [-0.25, -0.2) is 9.37 Å². The summed E-state index contributed by atoms with van der Waals surface area (Å²) < 4.78 is 16.8. The van der Waals surface area contributed by atoms with Gasteiger partial charge in [0.25, 0.3) is 5.91 Å². The molecule has 35 heavy (non-hydrogen) atoms. The van der Waals surface area contributed by atoms with Crippen LogP contribution in [0.5, 0.6) is 0 Å². The molecule has 5 rings (SSSR count). The molecular weight excluding hydrogens is 443 g/mol. The third-order valence-electron chi connectivity index (χ3n) is 6.49. The zero-order valence-electron chi connectivity index (χ0n) is 19.5. The number of benzene rings is 2. The molecule has 0 aliphatic carbocycles. The van der Waals surface area contributed by atoms with Crippen LogP contribution >= 0.6 is 0 Å². The first kappa shape index (κ1) is 22.6. The average molecular weight is 471 g/mol. The molecule has 1 aliphatic heterocycles. The molecule has 2 aromatic carbocycles. The first-order valence-corrected chi connectivity index (χ1v) is 11.5. The quantitative estimate of drug-likeness (QED) is 0.419. The molecule has 7 nitrogen and oxygen atoms in total. The fraction of sp³-hybridized carbons (Fsp3) is 0.185. The Morgan fingerprint density at radius 3 is 2.60 bits per heavy atom. The molecule has 0 spiro atoms. The van der Waals surface area contributed by atoms with Gasteiger partial charge in [-0.3, -0.25) is 4.79 Å². The lowest BCUT2D eigenvalue weighted by atomic mass is 10.0. The van der Waals surface area contributed by atoms with E-state index in [1.807, 2.05) is 30.3 Å². The summed E-state index contributed by atoms with van der Waals surface area (Å²) in [5, 5.41) is 4.00. The van der Waals surface area contributed by atoms with Crippen molar-refractivity contribution in [2.45, 2.75) is 0 Å². The maximum absolute atomic E-state index is 15.1. The number of nitrogen functional groups attached to an aromatic ring is 1. The summed E-state index contributed by atoms with van der Waals surface area (Å²) in [7, 11) is 2.12. The van der Waals surface area contributed by atoms with Crippen LogP contribution in [0.25, 0.3) is 28.2 Å². The van der Waals surface area contributed by atoms with Gasteiger partial charge in [-0.15, -0.1) is 0 Å². The van der Waals surface area contributed by atoms with Gasteiger partial charge in [0.15, 0.2) is 5.82 Å². The normalized spacial score (nSPS) is 14.3. The molecule has 4 aromatic rings. The maximum atomic E-state index is 15.1. The fourth-order valence-corrected chi connectivity index (χ4v) is 4.41. The van der Waals surface area contributed by atoms with E-state index in [0.717, 1.165) is 31.9 Å². The summed E-state index contributed by atoms with van der Waals surface area (Å²) >= 11 is 0. The third-order valence-corrected chi connectivity index (χ3v) is 6.49. The number of carbonyl (C=O) groups is 1. The molecule has 178 valence electrons. The molecule has 3 heterocycles. The van der Waals surface area contributed by atoms with Crippen molar-refractivity contribution in [3.05, 3.63) is 78.9 Å². The molecule has 3 N–H and O–H groups in total. The first-order valence-electron chi connectivity index (χ1n) is 11.5. The van der Waals surface area contributed by atoms with Crippen molar-refractivity contribution in [1.29, 1.82) is 0 Å². The molecule has 1 saturated heterocycles. The predicted octanol–water partition coefficient (Wildman–Crippen LogP) is 4.53. The number of nitrogens with zero attached hydrogens (tertiary/aromatic N) is 4. The van der Waals surface area contributed by atoms with E-state index in [0.29, 0.717) is 33.4 Å². The highest BCUT2D eigenvalue weighted by molar-refractivity contribution is 6.05. The van der Waals surface area contributed by atoms with Crippen LogP contribution in [0.2, 0.25) is 0 Å². The van der Waals surface area contributed by atoms with E-state index in [-0.39, 0.29) is 11.6 Å². The molecule has 0 saturated carbocycles. The third kappa shape index (κ3) is 4.36. The highest BCUT2D eigenvalue weighted by Crippen LogP contribution is 2.34. The van der Waals surface area contributed by atoms with Crippen LogP contribution < -0.4 is 16.0 Å². The van der Waals surface area contributed by atoms with Crippen LogP contribution in [-0.2, 0) is 0 Å². The van der Waals surface area contributed by atoms with Crippen LogP contribution in [0.15, 0.2) is 67.5 Å². The molecule has 8 heteroatoms. The van der Waals surface area contributed by atoms with Gasteiger partial charge >= 0.3 is 0 Å². The van der Waals surface area contributed by atoms with Crippen LogP contribution in [0.1, 0.15) is 10.4 Å². The number of anilines is 3. The second kappa shape index (κ2) is 9.23. The Hall–Kier alpha value is -4.17. The summed E-state index contributed by atoms with van der Waals surface area (Å²) in [5.41, 5.74) is 8.73. The van der Waals surface area contributed by atoms with Gasteiger partial charge in [-0.2, -0.15) is 0 Å². The van der Waals surface area contributed by atoms with Crippen molar-refractivity contribution >= 4 is 40.1 Å². The summed E-state index contributed by atoms with van der Waals surface area (Å²) in [6, 6.07) is 14.6. The number of fused-ring (bicyclic) bond motifs is 1. The lowest BCUT2D eigenvalue weighted by molar-refractivity contribution is 0.102. The Labute approximate surface area is 203 Å². The topological polar surface area (TPSA) is 79.4 Å². The minimum Gasteiger partial charge on any atom is -0.396 e. The number of pyridine rings is 1. The van der Waals surface area contributed by atoms with Crippen LogP contribution in [0.3, 0.4) is 0 Å². The summed E-state index contributed by atoms with van der Waals surface area (Å²) in [6.07, 6.45) is 4.87. The summed E-state index contributed by atoms with van der Waals surface area (Å²) in [5.74, 6) is -0.419. The van der Waals surface area contributed by atoms with Crippen LogP contribution in [0, 0.1) is 5.82 Å². The highest BCUT2D eigenvalue weighted by Gasteiger charge is 2.17. The Morgan fingerprint density at radius 1 is 1.14 bits per heavy atom. The molecule has 1 fully saturated rings. The predicted molar refractivity (Wildman–Crippen MR) is 140 cm³/mol. The molecule has 1 amide bonds. The molecule has 2 aromatic heterocycles. The number of hydrogen-bond donors (Lipinski definition) is 2. The first-order chi connectivity index (χ1) is 16.9. The van der Waals surface area contributed by atoms with E-state index >= 15 is 4.39 Å². The Morgan fingerprint density at radius 2 is 1.89 bits per heavy atom. The smallest absolute Gasteiger partial charge is 0.256 e. The standard InChI is InChI=1S/C27H27FN6O/c1-3-33-10-4-5-23(33)21-15-19-16-24(30-17-22(19)26(29)25(21)28)31-27(35)18-6-8-20(9-7-18)34-13-11-32(2)12-14-34/h3-10,15-17H,1,11-14,29H2,2H3,(H,30,31,35). The molecule has 0 atom stereocenters. The van der Waals surface area contributed by atoms with Crippen molar-refractivity contribution in [1.82, 2.24) is 14.5 Å². The monoisotopic (exact) mass is 470 g/mol. The second-order valence-electron chi connectivity index (χ2n) is 8.72. The molecule has 0 unspecified atom stereocenters. The molecule has 1 aliphatic rings. The lowest BCUT2D eigenvalue weighted by Crippen LogP contribution is -2.44.